The van der Waals surface area contributed by atoms with Crippen LogP contribution in [-0.4, -0.2) is 44.1 Å². The molecular formula is C29H32ClNO5S. The first kappa shape index (κ1) is 27.1. The number of carbonyl (C=O) groups excluding carboxylic acids is 2. The summed E-state index contributed by atoms with van der Waals surface area (Å²) in [6, 6.07) is 13.1. The average Bonchev–Trinajstić information content (AvgIpc) is 2.90. The number of hydrogen-bond donors (Lipinski definition) is 1. The lowest BCUT2D eigenvalue weighted by atomic mass is 9.71. The summed E-state index contributed by atoms with van der Waals surface area (Å²) in [6.07, 6.45) is 0.926. The van der Waals surface area contributed by atoms with Crippen LogP contribution in [-0.2, 0) is 14.3 Å². The third-order valence-corrected chi connectivity index (χ3v) is 8.02. The van der Waals surface area contributed by atoms with Gasteiger partial charge in [-0.15, -0.1) is 0 Å². The van der Waals surface area contributed by atoms with Gasteiger partial charge in [0.25, 0.3) is 0 Å². The number of ketones is 1. The summed E-state index contributed by atoms with van der Waals surface area (Å²) in [4.78, 5) is 27.1. The second kappa shape index (κ2) is 12.1. The summed E-state index contributed by atoms with van der Waals surface area (Å²) in [7, 11) is 3.20. The first-order valence-corrected chi connectivity index (χ1v) is 13.9. The Bertz CT molecular complexity index is 1250. The van der Waals surface area contributed by atoms with Crippen molar-refractivity contribution in [3.8, 4) is 11.5 Å². The fourth-order valence-electron chi connectivity index (χ4n) is 5.09. The van der Waals surface area contributed by atoms with Crippen molar-refractivity contribution in [1.29, 1.82) is 0 Å². The van der Waals surface area contributed by atoms with Gasteiger partial charge in [-0.3, -0.25) is 4.79 Å². The van der Waals surface area contributed by atoms with Crippen LogP contribution in [0.1, 0.15) is 49.7 Å². The van der Waals surface area contributed by atoms with Crippen LogP contribution in [0.15, 0.2) is 65.0 Å². The minimum atomic E-state index is -0.588. The molecule has 8 heteroatoms. The van der Waals surface area contributed by atoms with E-state index in [0.29, 0.717) is 52.8 Å². The molecule has 2 atom stereocenters. The van der Waals surface area contributed by atoms with Gasteiger partial charge >= 0.3 is 5.97 Å². The van der Waals surface area contributed by atoms with Crippen molar-refractivity contribution in [2.45, 2.75) is 38.5 Å². The molecule has 0 radical (unpaired) electrons. The van der Waals surface area contributed by atoms with Gasteiger partial charge in [-0.05, 0) is 54.3 Å². The van der Waals surface area contributed by atoms with Crippen molar-refractivity contribution >= 4 is 35.1 Å². The summed E-state index contributed by atoms with van der Waals surface area (Å²) in [5.74, 6) is 1.87. The zero-order valence-electron chi connectivity index (χ0n) is 21.6. The van der Waals surface area contributed by atoms with Crippen molar-refractivity contribution < 1.29 is 23.8 Å². The Kier molecular flexibility index (Phi) is 8.87. The van der Waals surface area contributed by atoms with Crippen LogP contribution in [0, 0.1) is 0 Å². The molecule has 6 nitrogen and oxygen atoms in total. The molecule has 0 bridgehead atoms. The van der Waals surface area contributed by atoms with Crippen LogP contribution in [0.3, 0.4) is 0 Å². The van der Waals surface area contributed by atoms with E-state index < -0.39 is 11.9 Å². The van der Waals surface area contributed by atoms with Gasteiger partial charge in [0.1, 0.15) is 6.61 Å². The van der Waals surface area contributed by atoms with Crippen LogP contribution in [0.5, 0.6) is 11.5 Å². The molecule has 1 N–H and O–H groups in total. The standard InChI is InChI=1S/C29H32ClNO5S/c1-5-37-13-12-36-29(33)26-17(2)31-22-14-19(18-10-11-24(34-3)25(16-18)35-4)15-23(32)28(22)27(26)20-8-6-7-9-21(20)30/h6-11,16,19,27,31H,5,12-15H2,1-4H3/t19-,27+/m0/s1. The molecule has 196 valence electrons. The van der Waals surface area contributed by atoms with Gasteiger partial charge in [0, 0.05) is 40.1 Å². The molecular weight excluding hydrogens is 510 g/mol. The topological polar surface area (TPSA) is 73.9 Å². The van der Waals surface area contributed by atoms with E-state index in [1.54, 1.807) is 32.0 Å². The minimum Gasteiger partial charge on any atom is -0.493 e. The van der Waals surface area contributed by atoms with Gasteiger partial charge in [-0.1, -0.05) is 42.8 Å². The summed E-state index contributed by atoms with van der Waals surface area (Å²) in [5.41, 5.74) is 4.24. The van der Waals surface area contributed by atoms with Gasteiger partial charge in [-0.2, -0.15) is 11.8 Å². The maximum absolute atomic E-state index is 13.8. The first-order chi connectivity index (χ1) is 17.9. The van der Waals surface area contributed by atoms with Crippen molar-refractivity contribution in [2.75, 3.05) is 32.3 Å². The van der Waals surface area contributed by atoms with E-state index in [9.17, 15) is 9.59 Å². The fourth-order valence-corrected chi connectivity index (χ4v) is 5.82. The number of ether oxygens (including phenoxy) is 3. The number of methoxy groups -OCH3 is 2. The van der Waals surface area contributed by atoms with Crippen LogP contribution in [0.2, 0.25) is 5.02 Å². The Morgan fingerprint density at radius 2 is 1.86 bits per heavy atom. The molecule has 0 saturated carbocycles. The lowest BCUT2D eigenvalue weighted by Gasteiger charge is -2.37. The number of dihydropyridines is 1. The third-order valence-electron chi connectivity index (χ3n) is 6.81. The maximum Gasteiger partial charge on any atom is 0.336 e. The number of esters is 1. The molecule has 0 spiro atoms. The number of Topliss-reactive ketones (excluding diaryl/α,β-unsaturated/α-hetero) is 1. The Morgan fingerprint density at radius 3 is 2.57 bits per heavy atom. The Morgan fingerprint density at radius 1 is 1.11 bits per heavy atom. The van der Waals surface area contributed by atoms with Crippen molar-refractivity contribution in [2.24, 2.45) is 0 Å². The van der Waals surface area contributed by atoms with E-state index in [2.05, 4.69) is 12.2 Å². The SMILES string of the molecule is CCSCCOC(=O)C1=C(C)NC2=C(C(=O)C[C@@H](c3ccc(OC)c(OC)c3)C2)[C@@H]1c1ccccc1Cl. The Labute approximate surface area is 227 Å². The smallest absolute Gasteiger partial charge is 0.336 e. The minimum absolute atomic E-state index is 0.0159. The lowest BCUT2D eigenvalue weighted by molar-refractivity contribution is -0.138. The van der Waals surface area contributed by atoms with Crippen LogP contribution in [0.4, 0.5) is 0 Å². The summed E-state index contributed by atoms with van der Waals surface area (Å²) in [5, 5.41) is 3.89. The quantitative estimate of drug-likeness (QED) is 0.307. The van der Waals surface area contributed by atoms with E-state index in [-0.39, 0.29) is 11.7 Å². The average molecular weight is 542 g/mol. The Hall–Kier alpha value is -2.90. The van der Waals surface area contributed by atoms with E-state index in [1.165, 1.54) is 0 Å². The van der Waals surface area contributed by atoms with Gasteiger partial charge in [0.05, 0.1) is 19.8 Å². The van der Waals surface area contributed by atoms with Crippen molar-refractivity contribution in [3.05, 3.63) is 81.2 Å². The third kappa shape index (κ3) is 5.68. The second-order valence-electron chi connectivity index (χ2n) is 8.99. The number of nitrogens with one attached hydrogen (secondary N) is 1. The molecule has 1 heterocycles. The Balaban J connectivity index is 1.72. The highest BCUT2D eigenvalue weighted by Crippen LogP contribution is 2.47. The second-order valence-corrected chi connectivity index (χ2v) is 10.8. The zero-order valence-corrected chi connectivity index (χ0v) is 23.1. The highest BCUT2D eigenvalue weighted by atomic mass is 35.5. The number of hydrogen-bond acceptors (Lipinski definition) is 7. The molecule has 0 saturated heterocycles. The van der Waals surface area contributed by atoms with Crippen LogP contribution >= 0.6 is 23.4 Å². The molecule has 0 amide bonds. The molecule has 1 aliphatic carbocycles. The van der Waals surface area contributed by atoms with Crippen LogP contribution in [0.25, 0.3) is 0 Å². The normalized spacial score (nSPS) is 19.3. The summed E-state index contributed by atoms with van der Waals surface area (Å²) < 4.78 is 16.5. The number of halogens is 1. The van der Waals surface area contributed by atoms with Gasteiger partial charge in [0.2, 0.25) is 0 Å². The first-order valence-electron chi connectivity index (χ1n) is 12.3. The van der Waals surface area contributed by atoms with Gasteiger partial charge in [0.15, 0.2) is 17.3 Å². The summed E-state index contributed by atoms with van der Waals surface area (Å²) in [6.45, 7) is 4.23. The number of thioether (sulfide) groups is 1. The zero-order chi connectivity index (χ0) is 26.5. The monoisotopic (exact) mass is 541 g/mol. The molecule has 4 rings (SSSR count). The van der Waals surface area contributed by atoms with Crippen molar-refractivity contribution in [1.82, 2.24) is 5.32 Å². The molecule has 2 aliphatic rings. The van der Waals surface area contributed by atoms with E-state index in [0.717, 1.165) is 28.3 Å². The molecule has 1 aliphatic heterocycles. The van der Waals surface area contributed by atoms with Gasteiger partial charge in [-0.25, -0.2) is 4.79 Å². The number of carbonyl (C=O) groups is 2. The summed E-state index contributed by atoms with van der Waals surface area (Å²) >= 11 is 8.34. The highest BCUT2D eigenvalue weighted by Gasteiger charge is 2.42. The molecule has 0 fully saturated rings. The number of allylic oxidation sites excluding steroid dienone is 3. The predicted octanol–water partition coefficient (Wildman–Crippen LogP) is 6.02. The van der Waals surface area contributed by atoms with E-state index in [1.807, 2.05) is 43.3 Å². The lowest BCUT2D eigenvalue weighted by Crippen LogP contribution is -2.36. The fraction of sp³-hybridized carbons (Fsp3) is 0.379. The van der Waals surface area contributed by atoms with Crippen molar-refractivity contribution in [3.63, 3.8) is 0 Å². The number of rotatable bonds is 9. The molecule has 2 aromatic rings. The highest BCUT2D eigenvalue weighted by molar-refractivity contribution is 7.99. The number of benzene rings is 2. The van der Waals surface area contributed by atoms with E-state index >= 15 is 0 Å². The van der Waals surface area contributed by atoms with Gasteiger partial charge < -0.3 is 19.5 Å². The largest absolute Gasteiger partial charge is 0.493 e. The van der Waals surface area contributed by atoms with Crippen LogP contribution < -0.4 is 14.8 Å². The predicted molar refractivity (Wildman–Crippen MR) is 148 cm³/mol. The maximum atomic E-state index is 13.8. The van der Waals surface area contributed by atoms with E-state index in [4.69, 9.17) is 25.8 Å². The molecule has 0 unspecified atom stereocenters. The molecule has 2 aromatic carbocycles. The molecule has 0 aromatic heterocycles. The molecule has 37 heavy (non-hydrogen) atoms.